The molecule has 0 bridgehead atoms. The van der Waals surface area contributed by atoms with Gasteiger partial charge < -0.3 is 10.5 Å². The zero-order valence-corrected chi connectivity index (χ0v) is 12.5. The first kappa shape index (κ1) is 14.1. The SMILES string of the molecule is COC1CCN(Cc2ccc3c(c2)CCC3)C(CN)C1. The van der Waals surface area contributed by atoms with Gasteiger partial charge in [0.15, 0.2) is 0 Å². The summed E-state index contributed by atoms with van der Waals surface area (Å²) in [5.74, 6) is 0. The molecule has 1 fully saturated rings. The zero-order chi connectivity index (χ0) is 13.9. The van der Waals surface area contributed by atoms with E-state index in [0.29, 0.717) is 12.1 Å². The van der Waals surface area contributed by atoms with Gasteiger partial charge in [0.25, 0.3) is 0 Å². The van der Waals surface area contributed by atoms with Gasteiger partial charge in [-0.25, -0.2) is 0 Å². The lowest BCUT2D eigenvalue weighted by atomic mass is 9.98. The number of nitrogens with zero attached hydrogens (tertiary/aromatic N) is 1. The maximum absolute atomic E-state index is 5.96. The van der Waals surface area contributed by atoms with Crippen molar-refractivity contribution in [3.8, 4) is 0 Å². The van der Waals surface area contributed by atoms with Gasteiger partial charge in [-0.2, -0.15) is 0 Å². The molecule has 2 unspecified atom stereocenters. The minimum absolute atomic E-state index is 0.389. The van der Waals surface area contributed by atoms with Crippen molar-refractivity contribution in [2.75, 3.05) is 20.2 Å². The highest BCUT2D eigenvalue weighted by molar-refractivity contribution is 5.35. The summed E-state index contributed by atoms with van der Waals surface area (Å²) in [4.78, 5) is 2.53. The lowest BCUT2D eigenvalue weighted by molar-refractivity contribution is 0.0102. The zero-order valence-electron chi connectivity index (χ0n) is 12.5. The van der Waals surface area contributed by atoms with Gasteiger partial charge in [-0.05, 0) is 48.8 Å². The van der Waals surface area contributed by atoms with Crippen LogP contribution in [-0.2, 0) is 24.1 Å². The lowest BCUT2D eigenvalue weighted by Gasteiger charge is -2.38. The molecule has 2 aliphatic rings. The highest BCUT2D eigenvalue weighted by Gasteiger charge is 2.27. The lowest BCUT2D eigenvalue weighted by Crippen LogP contribution is -2.47. The Kier molecular flexibility index (Phi) is 4.39. The highest BCUT2D eigenvalue weighted by Crippen LogP contribution is 2.25. The van der Waals surface area contributed by atoms with Crippen LogP contribution in [0.1, 0.15) is 36.0 Å². The van der Waals surface area contributed by atoms with Crippen LogP contribution in [0.25, 0.3) is 0 Å². The standard InChI is InChI=1S/C17H26N2O/c1-20-17-7-8-19(16(10-17)11-18)12-13-5-6-14-3-2-4-15(14)9-13/h5-6,9,16-17H,2-4,7-8,10-12,18H2,1H3. The summed E-state index contributed by atoms with van der Waals surface area (Å²) in [6.07, 6.45) is 6.43. The number of ether oxygens (including phenoxy) is 1. The molecule has 1 aliphatic carbocycles. The highest BCUT2D eigenvalue weighted by atomic mass is 16.5. The number of hydrogen-bond acceptors (Lipinski definition) is 3. The molecule has 0 amide bonds. The van der Waals surface area contributed by atoms with E-state index < -0.39 is 0 Å². The van der Waals surface area contributed by atoms with Gasteiger partial charge in [0, 0.05) is 32.8 Å². The fourth-order valence-electron chi connectivity index (χ4n) is 3.69. The van der Waals surface area contributed by atoms with Crippen LogP contribution in [0.3, 0.4) is 0 Å². The Hall–Kier alpha value is -0.900. The summed E-state index contributed by atoms with van der Waals surface area (Å²) in [6.45, 7) is 2.85. The Morgan fingerprint density at radius 1 is 1.30 bits per heavy atom. The minimum Gasteiger partial charge on any atom is -0.381 e. The van der Waals surface area contributed by atoms with Crippen molar-refractivity contribution < 1.29 is 4.74 Å². The molecule has 2 N–H and O–H groups in total. The maximum atomic E-state index is 5.96. The third-order valence-corrected chi connectivity index (χ3v) is 4.94. The van der Waals surface area contributed by atoms with Crippen molar-refractivity contribution in [3.63, 3.8) is 0 Å². The van der Waals surface area contributed by atoms with E-state index in [-0.39, 0.29) is 0 Å². The van der Waals surface area contributed by atoms with E-state index >= 15 is 0 Å². The molecule has 0 spiro atoms. The summed E-state index contributed by atoms with van der Waals surface area (Å²) in [5.41, 5.74) is 10.5. The van der Waals surface area contributed by atoms with Gasteiger partial charge in [-0.1, -0.05) is 18.2 Å². The predicted molar refractivity (Wildman–Crippen MR) is 81.8 cm³/mol. The number of nitrogens with two attached hydrogens (primary N) is 1. The van der Waals surface area contributed by atoms with Crippen LogP contribution in [-0.4, -0.2) is 37.2 Å². The average Bonchev–Trinajstić information content (AvgIpc) is 2.95. The third-order valence-electron chi connectivity index (χ3n) is 4.94. The first-order chi connectivity index (χ1) is 9.80. The van der Waals surface area contributed by atoms with Crippen molar-refractivity contribution in [1.29, 1.82) is 0 Å². The van der Waals surface area contributed by atoms with E-state index in [2.05, 4.69) is 23.1 Å². The maximum Gasteiger partial charge on any atom is 0.0599 e. The number of piperidine rings is 1. The third kappa shape index (κ3) is 2.90. The van der Waals surface area contributed by atoms with E-state index in [1.54, 1.807) is 11.1 Å². The van der Waals surface area contributed by atoms with Crippen LogP contribution < -0.4 is 5.73 Å². The van der Waals surface area contributed by atoms with Crippen LogP contribution in [0.2, 0.25) is 0 Å². The van der Waals surface area contributed by atoms with Crippen LogP contribution in [0.4, 0.5) is 0 Å². The van der Waals surface area contributed by atoms with Gasteiger partial charge >= 0.3 is 0 Å². The first-order valence-electron chi connectivity index (χ1n) is 7.87. The molecule has 0 radical (unpaired) electrons. The fraction of sp³-hybridized carbons (Fsp3) is 0.647. The number of rotatable bonds is 4. The molecule has 3 heteroatoms. The summed E-state index contributed by atoms with van der Waals surface area (Å²) in [5, 5.41) is 0. The van der Waals surface area contributed by atoms with Crippen LogP contribution >= 0.6 is 0 Å². The van der Waals surface area contributed by atoms with Crippen LogP contribution in [0.5, 0.6) is 0 Å². The van der Waals surface area contributed by atoms with Gasteiger partial charge in [0.2, 0.25) is 0 Å². The molecule has 1 aromatic carbocycles. The Bertz CT molecular complexity index is 460. The second-order valence-corrected chi connectivity index (χ2v) is 6.20. The second kappa shape index (κ2) is 6.25. The molecule has 3 rings (SSSR count). The number of methoxy groups -OCH3 is 1. The number of likely N-dealkylation sites (tertiary alicyclic amines) is 1. The monoisotopic (exact) mass is 274 g/mol. The molecule has 110 valence electrons. The van der Waals surface area contributed by atoms with Crippen LogP contribution in [0.15, 0.2) is 18.2 Å². The van der Waals surface area contributed by atoms with Gasteiger partial charge in [0.1, 0.15) is 0 Å². The topological polar surface area (TPSA) is 38.5 Å². The second-order valence-electron chi connectivity index (χ2n) is 6.20. The van der Waals surface area contributed by atoms with E-state index in [1.807, 2.05) is 7.11 Å². The molecular formula is C17H26N2O. The Labute approximate surface area is 122 Å². The van der Waals surface area contributed by atoms with Crippen molar-refractivity contribution in [2.45, 2.75) is 50.8 Å². The van der Waals surface area contributed by atoms with Gasteiger partial charge in [-0.15, -0.1) is 0 Å². The number of benzene rings is 1. The fourth-order valence-corrected chi connectivity index (χ4v) is 3.69. The molecule has 3 nitrogen and oxygen atoms in total. The Morgan fingerprint density at radius 2 is 2.15 bits per heavy atom. The first-order valence-corrected chi connectivity index (χ1v) is 7.87. The smallest absolute Gasteiger partial charge is 0.0599 e. The molecule has 1 heterocycles. The predicted octanol–water partition coefficient (Wildman–Crippen LogP) is 2.11. The largest absolute Gasteiger partial charge is 0.381 e. The molecule has 0 saturated carbocycles. The summed E-state index contributed by atoms with van der Waals surface area (Å²) in [6, 6.07) is 7.51. The molecule has 1 saturated heterocycles. The van der Waals surface area contributed by atoms with Crippen molar-refractivity contribution in [3.05, 3.63) is 34.9 Å². The number of fused-ring (bicyclic) bond motifs is 1. The van der Waals surface area contributed by atoms with Crippen molar-refractivity contribution >= 4 is 0 Å². The van der Waals surface area contributed by atoms with Crippen molar-refractivity contribution in [2.24, 2.45) is 5.73 Å². The molecule has 1 aliphatic heterocycles. The molecule has 0 aromatic heterocycles. The van der Waals surface area contributed by atoms with E-state index in [4.69, 9.17) is 10.5 Å². The summed E-state index contributed by atoms with van der Waals surface area (Å²) >= 11 is 0. The van der Waals surface area contributed by atoms with Gasteiger partial charge in [-0.3, -0.25) is 4.90 Å². The molecule has 2 atom stereocenters. The number of hydrogen-bond donors (Lipinski definition) is 1. The Morgan fingerprint density at radius 3 is 2.95 bits per heavy atom. The molecule has 1 aromatic rings. The normalized spacial score (nSPS) is 26.7. The average molecular weight is 274 g/mol. The van der Waals surface area contributed by atoms with E-state index in [0.717, 1.165) is 32.5 Å². The van der Waals surface area contributed by atoms with Crippen molar-refractivity contribution in [1.82, 2.24) is 4.90 Å². The van der Waals surface area contributed by atoms with Gasteiger partial charge in [0.05, 0.1) is 6.10 Å². The summed E-state index contributed by atoms with van der Waals surface area (Å²) in [7, 11) is 1.81. The molecular weight excluding hydrogens is 248 g/mol. The quantitative estimate of drug-likeness (QED) is 0.914. The number of aryl methyl sites for hydroxylation is 2. The minimum atomic E-state index is 0.389. The molecule has 20 heavy (non-hydrogen) atoms. The summed E-state index contributed by atoms with van der Waals surface area (Å²) < 4.78 is 5.50. The Balaban J connectivity index is 1.67. The van der Waals surface area contributed by atoms with Crippen LogP contribution in [0, 0.1) is 0 Å². The van der Waals surface area contributed by atoms with E-state index in [9.17, 15) is 0 Å². The van der Waals surface area contributed by atoms with E-state index in [1.165, 1.54) is 24.8 Å².